The van der Waals surface area contributed by atoms with E-state index in [1.165, 1.54) is 19.3 Å². The fourth-order valence-corrected chi connectivity index (χ4v) is 2.67. The number of hydrogen-bond acceptors (Lipinski definition) is 2. The fraction of sp³-hybridized carbons (Fsp3) is 1.00. The smallest absolute Gasteiger partial charge is 0.209 e. The van der Waals surface area contributed by atoms with Crippen molar-refractivity contribution in [3.8, 4) is 0 Å². The van der Waals surface area contributed by atoms with Gasteiger partial charge in [-0.2, -0.15) is 0 Å². The van der Waals surface area contributed by atoms with Gasteiger partial charge in [0.1, 0.15) is 0 Å². The Labute approximate surface area is 80.2 Å². The van der Waals surface area contributed by atoms with Crippen LogP contribution in [-0.4, -0.2) is 14.2 Å². The maximum atomic E-state index is 10.7. The molecule has 0 heterocycles. The van der Waals surface area contributed by atoms with E-state index in [4.69, 9.17) is 5.14 Å². The molecule has 2 N–H and O–H groups in total. The van der Waals surface area contributed by atoms with Gasteiger partial charge in [-0.25, -0.2) is 13.6 Å². The highest BCUT2D eigenvalue weighted by molar-refractivity contribution is 7.89. The molecule has 0 aromatic carbocycles. The topological polar surface area (TPSA) is 60.2 Å². The van der Waals surface area contributed by atoms with Gasteiger partial charge in [-0.3, -0.25) is 0 Å². The first kappa shape index (κ1) is 12.2. The van der Waals surface area contributed by atoms with Crippen LogP contribution in [0, 0.1) is 5.92 Å². The van der Waals surface area contributed by atoms with Gasteiger partial charge in [0, 0.05) is 0 Å². The van der Waals surface area contributed by atoms with Crippen LogP contribution >= 0.6 is 12.4 Å². The minimum atomic E-state index is -3.22. The van der Waals surface area contributed by atoms with Crippen LogP contribution < -0.4 is 5.14 Å². The van der Waals surface area contributed by atoms with Crippen molar-refractivity contribution in [2.75, 3.05) is 5.75 Å². The number of halogens is 1. The molecule has 1 fully saturated rings. The molecule has 1 aliphatic rings. The highest BCUT2D eigenvalue weighted by Gasteiger charge is 2.17. The van der Waals surface area contributed by atoms with Gasteiger partial charge in [0.05, 0.1) is 5.75 Å². The molecule has 74 valence electrons. The summed E-state index contributed by atoms with van der Waals surface area (Å²) in [5, 5.41) is 4.94. The maximum absolute atomic E-state index is 10.7. The van der Waals surface area contributed by atoms with Crippen LogP contribution in [0.1, 0.15) is 32.1 Å². The standard InChI is InChI=1S/C7H15NO2S.ClH/c8-11(9,10)6-7-4-2-1-3-5-7;/h7H,1-6H2,(H2,8,9,10);1H. The van der Waals surface area contributed by atoms with Gasteiger partial charge in [-0.15, -0.1) is 12.4 Å². The van der Waals surface area contributed by atoms with E-state index < -0.39 is 10.0 Å². The van der Waals surface area contributed by atoms with Crippen LogP contribution in [0.15, 0.2) is 0 Å². The first-order valence-corrected chi connectivity index (χ1v) is 5.80. The van der Waals surface area contributed by atoms with Crippen molar-refractivity contribution >= 4 is 22.4 Å². The lowest BCUT2D eigenvalue weighted by Gasteiger charge is -2.19. The first-order chi connectivity index (χ1) is 5.08. The molecule has 5 heteroatoms. The van der Waals surface area contributed by atoms with Crippen molar-refractivity contribution in [3.05, 3.63) is 0 Å². The van der Waals surface area contributed by atoms with E-state index >= 15 is 0 Å². The monoisotopic (exact) mass is 213 g/mol. The molecule has 1 aliphatic carbocycles. The van der Waals surface area contributed by atoms with E-state index in [0.717, 1.165) is 12.8 Å². The molecule has 12 heavy (non-hydrogen) atoms. The minimum Gasteiger partial charge on any atom is -0.229 e. The molecule has 0 aromatic heterocycles. The lowest BCUT2D eigenvalue weighted by Crippen LogP contribution is -2.24. The van der Waals surface area contributed by atoms with Crippen LogP contribution in [-0.2, 0) is 10.0 Å². The Balaban J connectivity index is 0.00000121. The molecule has 1 rings (SSSR count). The second-order valence-corrected chi connectivity index (χ2v) is 4.99. The zero-order valence-electron chi connectivity index (χ0n) is 7.03. The molecule has 1 saturated carbocycles. The van der Waals surface area contributed by atoms with Gasteiger partial charge >= 0.3 is 0 Å². The highest BCUT2D eigenvalue weighted by Crippen LogP contribution is 2.24. The molecular weight excluding hydrogens is 198 g/mol. The molecule has 0 atom stereocenters. The van der Waals surface area contributed by atoms with Crippen LogP contribution in [0.5, 0.6) is 0 Å². The summed E-state index contributed by atoms with van der Waals surface area (Å²) in [6.07, 6.45) is 5.66. The highest BCUT2D eigenvalue weighted by atomic mass is 35.5. The molecule has 0 aromatic rings. The Kier molecular flexibility index (Phi) is 5.13. The van der Waals surface area contributed by atoms with E-state index in [1.54, 1.807) is 0 Å². The third kappa shape index (κ3) is 4.95. The Morgan fingerprint density at radius 2 is 1.67 bits per heavy atom. The summed E-state index contributed by atoms with van der Waals surface area (Å²) >= 11 is 0. The van der Waals surface area contributed by atoms with Crippen molar-refractivity contribution in [1.82, 2.24) is 0 Å². The summed E-state index contributed by atoms with van der Waals surface area (Å²) in [6.45, 7) is 0. The number of sulfonamides is 1. The van der Waals surface area contributed by atoms with Crippen LogP contribution in [0.3, 0.4) is 0 Å². The number of rotatable bonds is 2. The van der Waals surface area contributed by atoms with Crippen molar-refractivity contribution in [1.29, 1.82) is 0 Å². The van der Waals surface area contributed by atoms with Gasteiger partial charge in [0.2, 0.25) is 10.0 Å². The first-order valence-electron chi connectivity index (χ1n) is 4.08. The van der Waals surface area contributed by atoms with Crippen molar-refractivity contribution in [2.45, 2.75) is 32.1 Å². The molecule has 0 unspecified atom stereocenters. The summed E-state index contributed by atoms with van der Waals surface area (Å²) in [5.74, 6) is 0.520. The average molecular weight is 214 g/mol. The summed E-state index contributed by atoms with van der Waals surface area (Å²) < 4.78 is 21.4. The van der Waals surface area contributed by atoms with Crippen LogP contribution in [0.25, 0.3) is 0 Å². The summed E-state index contributed by atoms with van der Waals surface area (Å²) in [5.41, 5.74) is 0. The number of primary sulfonamides is 1. The predicted molar refractivity (Wildman–Crippen MR) is 51.8 cm³/mol. The zero-order chi connectivity index (χ0) is 8.32. The maximum Gasteiger partial charge on any atom is 0.209 e. The van der Waals surface area contributed by atoms with Gasteiger partial charge in [0.15, 0.2) is 0 Å². The molecule has 0 aliphatic heterocycles. The summed E-state index contributed by atoms with van der Waals surface area (Å²) in [7, 11) is -3.22. The molecular formula is C7H16ClNO2S. The van der Waals surface area contributed by atoms with Crippen molar-refractivity contribution < 1.29 is 8.42 Å². The molecule has 0 saturated heterocycles. The number of hydrogen-bond donors (Lipinski definition) is 1. The van der Waals surface area contributed by atoms with Gasteiger partial charge in [-0.05, 0) is 18.8 Å². The quantitative estimate of drug-likeness (QED) is 0.751. The predicted octanol–water partition coefficient (Wildman–Crippen LogP) is 1.28. The second-order valence-electron chi connectivity index (χ2n) is 3.33. The normalized spacial score (nSPS) is 20.1. The van der Waals surface area contributed by atoms with Crippen LogP contribution in [0.2, 0.25) is 0 Å². The Bertz CT molecular complexity index is 209. The molecule has 0 bridgehead atoms. The third-order valence-electron chi connectivity index (χ3n) is 2.19. The third-order valence-corrected chi connectivity index (χ3v) is 3.13. The zero-order valence-corrected chi connectivity index (χ0v) is 8.66. The Hall–Kier alpha value is 0.200. The van der Waals surface area contributed by atoms with E-state index in [9.17, 15) is 8.42 Å². The lowest BCUT2D eigenvalue weighted by molar-refractivity contribution is 0.385. The average Bonchev–Trinajstić information content (AvgIpc) is 1.85. The van der Waals surface area contributed by atoms with Crippen molar-refractivity contribution in [3.63, 3.8) is 0 Å². The van der Waals surface area contributed by atoms with E-state index in [-0.39, 0.29) is 18.2 Å². The molecule has 0 radical (unpaired) electrons. The largest absolute Gasteiger partial charge is 0.229 e. The van der Waals surface area contributed by atoms with E-state index in [2.05, 4.69) is 0 Å². The Morgan fingerprint density at radius 1 is 1.17 bits per heavy atom. The molecule has 0 amide bonds. The van der Waals surface area contributed by atoms with Gasteiger partial charge in [-0.1, -0.05) is 19.3 Å². The van der Waals surface area contributed by atoms with Gasteiger partial charge < -0.3 is 0 Å². The summed E-state index contributed by atoms with van der Waals surface area (Å²) in [6, 6.07) is 0. The van der Waals surface area contributed by atoms with E-state index in [0.29, 0.717) is 5.92 Å². The second kappa shape index (κ2) is 5.04. The fourth-order valence-electron chi connectivity index (χ4n) is 1.68. The minimum absolute atomic E-state index is 0. The van der Waals surface area contributed by atoms with Crippen molar-refractivity contribution in [2.24, 2.45) is 11.1 Å². The Morgan fingerprint density at radius 3 is 2.08 bits per heavy atom. The number of nitrogens with two attached hydrogens (primary N) is 1. The lowest BCUT2D eigenvalue weighted by atomic mass is 9.91. The van der Waals surface area contributed by atoms with Crippen LogP contribution in [0.4, 0.5) is 0 Å². The SMILES string of the molecule is Cl.NS(=O)(=O)CC1CCCCC1. The van der Waals surface area contributed by atoms with E-state index in [1.807, 2.05) is 0 Å². The van der Waals surface area contributed by atoms with Gasteiger partial charge in [0.25, 0.3) is 0 Å². The summed E-state index contributed by atoms with van der Waals surface area (Å²) in [4.78, 5) is 0. The molecule has 3 nitrogen and oxygen atoms in total. The molecule has 0 spiro atoms.